The van der Waals surface area contributed by atoms with Crippen molar-refractivity contribution in [3.63, 3.8) is 0 Å². The first-order valence-corrected chi connectivity index (χ1v) is 7.06. The van der Waals surface area contributed by atoms with Crippen LogP contribution >= 0.6 is 0 Å². The van der Waals surface area contributed by atoms with Gasteiger partial charge in [0.25, 0.3) is 0 Å². The van der Waals surface area contributed by atoms with E-state index in [0.717, 1.165) is 37.4 Å². The molecule has 0 aliphatic heterocycles. The number of hydrogen-bond donors (Lipinski definition) is 2. The van der Waals surface area contributed by atoms with Crippen LogP contribution < -0.4 is 10.6 Å². The number of nitrogens with one attached hydrogen (secondary N) is 2. The summed E-state index contributed by atoms with van der Waals surface area (Å²) in [6.07, 6.45) is 2.81. The lowest BCUT2D eigenvalue weighted by atomic mass is 10.3. The van der Waals surface area contributed by atoms with Gasteiger partial charge in [0.2, 0.25) is 0 Å². The van der Waals surface area contributed by atoms with Gasteiger partial charge in [-0.2, -0.15) is 0 Å². The first-order valence-electron chi connectivity index (χ1n) is 7.06. The van der Waals surface area contributed by atoms with Gasteiger partial charge < -0.3 is 15.4 Å². The summed E-state index contributed by atoms with van der Waals surface area (Å²) in [6.45, 7) is 6.78. The highest BCUT2D eigenvalue weighted by molar-refractivity contribution is 5.78. The average molecular weight is 280 g/mol. The van der Waals surface area contributed by atoms with E-state index in [1.807, 2.05) is 6.07 Å². The van der Waals surface area contributed by atoms with Crippen LogP contribution in [0.5, 0.6) is 0 Å². The topological polar surface area (TPSA) is 76.1 Å². The van der Waals surface area contributed by atoms with E-state index in [0.29, 0.717) is 5.82 Å². The second-order valence-electron chi connectivity index (χ2n) is 4.62. The van der Waals surface area contributed by atoms with Gasteiger partial charge >= 0.3 is 5.97 Å². The average Bonchev–Trinajstić information content (AvgIpc) is 2.44. The molecule has 0 aliphatic carbocycles. The van der Waals surface area contributed by atoms with Crippen LogP contribution in [-0.4, -0.2) is 35.6 Å². The predicted molar refractivity (Wildman–Crippen MR) is 79.9 cm³/mol. The molecule has 0 radical (unpaired) electrons. The Kier molecular flexibility index (Phi) is 6.76. The Morgan fingerprint density at radius 3 is 2.60 bits per heavy atom. The summed E-state index contributed by atoms with van der Waals surface area (Å²) in [5.74, 6) is 1.88. The SMILES string of the molecule is CCCNc1cc(NC(C)C(=O)OC)nc(CCC)n1. The van der Waals surface area contributed by atoms with Crippen molar-refractivity contribution in [2.24, 2.45) is 0 Å². The first kappa shape index (κ1) is 16.2. The summed E-state index contributed by atoms with van der Waals surface area (Å²) >= 11 is 0. The molecule has 0 aliphatic rings. The Morgan fingerprint density at radius 2 is 2.00 bits per heavy atom. The molecule has 0 bridgehead atoms. The van der Waals surface area contributed by atoms with Crippen molar-refractivity contribution in [2.45, 2.75) is 46.1 Å². The molecule has 0 saturated carbocycles. The third-order valence-corrected chi connectivity index (χ3v) is 2.72. The lowest BCUT2D eigenvalue weighted by Gasteiger charge is -2.14. The maximum atomic E-state index is 11.4. The molecule has 1 heterocycles. The van der Waals surface area contributed by atoms with Gasteiger partial charge in [-0.05, 0) is 19.8 Å². The van der Waals surface area contributed by atoms with Crippen molar-refractivity contribution >= 4 is 17.6 Å². The molecule has 1 atom stereocenters. The highest BCUT2D eigenvalue weighted by Gasteiger charge is 2.14. The normalized spacial score (nSPS) is 11.8. The van der Waals surface area contributed by atoms with Crippen LogP contribution in [0.4, 0.5) is 11.6 Å². The zero-order valence-electron chi connectivity index (χ0n) is 12.7. The van der Waals surface area contributed by atoms with Gasteiger partial charge in [-0.15, -0.1) is 0 Å². The highest BCUT2D eigenvalue weighted by atomic mass is 16.5. The van der Waals surface area contributed by atoms with Crippen molar-refractivity contribution in [1.82, 2.24) is 9.97 Å². The lowest BCUT2D eigenvalue weighted by Crippen LogP contribution is -2.28. The third-order valence-electron chi connectivity index (χ3n) is 2.72. The van der Waals surface area contributed by atoms with Crippen molar-refractivity contribution in [3.05, 3.63) is 11.9 Å². The second-order valence-corrected chi connectivity index (χ2v) is 4.62. The summed E-state index contributed by atoms with van der Waals surface area (Å²) in [4.78, 5) is 20.3. The Bertz CT molecular complexity index is 437. The lowest BCUT2D eigenvalue weighted by molar-refractivity contribution is -0.141. The minimum absolute atomic E-state index is 0.316. The number of carbonyl (C=O) groups excluding carboxylic acids is 1. The van der Waals surface area contributed by atoms with E-state index in [-0.39, 0.29) is 5.97 Å². The maximum Gasteiger partial charge on any atom is 0.328 e. The molecule has 0 aromatic carbocycles. The number of methoxy groups -OCH3 is 1. The van der Waals surface area contributed by atoms with Crippen molar-refractivity contribution in [2.75, 3.05) is 24.3 Å². The Morgan fingerprint density at radius 1 is 1.30 bits per heavy atom. The highest BCUT2D eigenvalue weighted by Crippen LogP contribution is 2.14. The molecular weight excluding hydrogens is 256 g/mol. The number of aromatic nitrogens is 2. The Labute approximate surface area is 120 Å². The molecule has 0 amide bonds. The number of nitrogens with zero attached hydrogens (tertiary/aromatic N) is 2. The third kappa shape index (κ3) is 5.03. The van der Waals surface area contributed by atoms with E-state index in [4.69, 9.17) is 4.74 Å². The van der Waals surface area contributed by atoms with E-state index in [1.165, 1.54) is 7.11 Å². The van der Waals surface area contributed by atoms with Crippen LogP contribution in [0.15, 0.2) is 6.07 Å². The molecule has 1 rings (SSSR count). The number of esters is 1. The number of anilines is 2. The van der Waals surface area contributed by atoms with Gasteiger partial charge in [-0.3, -0.25) is 0 Å². The summed E-state index contributed by atoms with van der Waals surface area (Å²) in [5.41, 5.74) is 0. The smallest absolute Gasteiger partial charge is 0.328 e. The summed E-state index contributed by atoms with van der Waals surface area (Å²) < 4.78 is 4.70. The number of carbonyl (C=O) groups is 1. The molecule has 0 spiro atoms. The van der Waals surface area contributed by atoms with E-state index in [1.54, 1.807) is 6.92 Å². The molecule has 1 aromatic rings. The molecule has 20 heavy (non-hydrogen) atoms. The first-order chi connectivity index (χ1) is 9.60. The minimum atomic E-state index is -0.441. The van der Waals surface area contributed by atoms with Crippen LogP contribution in [0.25, 0.3) is 0 Å². The molecule has 6 heteroatoms. The van der Waals surface area contributed by atoms with Crippen LogP contribution in [-0.2, 0) is 16.0 Å². The molecule has 2 N–H and O–H groups in total. The molecule has 1 aromatic heterocycles. The van der Waals surface area contributed by atoms with Crippen molar-refractivity contribution < 1.29 is 9.53 Å². The molecular formula is C14H24N4O2. The fourth-order valence-electron chi connectivity index (χ4n) is 1.71. The minimum Gasteiger partial charge on any atom is -0.467 e. The van der Waals surface area contributed by atoms with Gasteiger partial charge in [0.15, 0.2) is 0 Å². The van der Waals surface area contributed by atoms with E-state index < -0.39 is 6.04 Å². The number of hydrogen-bond acceptors (Lipinski definition) is 6. The van der Waals surface area contributed by atoms with Gasteiger partial charge in [0.05, 0.1) is 7.11 Å². The van der Waals surface area contributed by atoms with E-state index in [9.17, 15) is 4.79 Å². The van der Waals surface area contributed by atoms with Crippen molar-refractivity contribution in [1.29, 1.82) is 0 Å². The molecule has 112 valence electrons. The zero-order valence-corrected chi connectivity index (χ0v) is 12.7. The Balaban J connectivity index is 2.87. The Hall–Kier alpha value is -1.85. The molecule has 0 saturated heterocycles. The van der Waals surface area contributed by atoms with Gasteiger partial charge in [-0.1, -0.05) is 13.8 Å². The zero-order chi connectivity index (χ0) is 15.0. The summed E-state index contributed by atoms with van der Waals surface area (Å²) in [5, 5.41) is 6.29. The molecule has 6 nitrogen and oxygen atoms in total. The summed E-state index contributed by atoms with van der Waals surface area (Å²) in [7, 11) is 1.37. The van der Waals surface area contributed by atoms with Gasteiger partial charge in [-0.25, -0.2) is 14.8 Å². The van der Waals surface area contributed by atoms with Crippen LogP contribution in [0, 0.1) is 0 Å². The summed E-state index contributed by atoms with van der Waals surface area (Å²) in [6, 6.07) is 1.37. The van der Waals surface area contributed by atoms with Gasteiger partial charge in [0.1, 0.15) is 23.5 Å². The molecule has 1 unspecified atom stereocenters. The van der Waals surface area contributed by atoms with Crippen molar-refractivity contribution in [3.8, 4) is 0 Å². The van der Waals surface area contributed by atoms with Crippen LogP contribution in [0.3, 0.4) is 0 Å². The number of ether oxygens (including phenoxy) is 1. The quantitative estimate of drug-likeness (QED) is 0.711. The fraction of sp³-hybridized carbons (Fsp3) is 0.643. The number of aryl methyl sites for hydroxylation is 1. The molecule has 0 fully saturated rings. The standard InChI is InChI=1S/C14H24N4O2/c1-5-7-11-17-12(15-8-6-2)9-13(18-11)16-10(3)14(19)20-4/h9-10H,5-8H2,1-4H3,(H2,15,16,17,18). The maximum absolute atomic E-state index is 11.4. The van der Waals surface area contributed by atoms with E-state index in [2.05, 4.69) is 34.4 Å². The van der Waals surface area contributed by atoms with Crippen LogP contribution in [0.1, 0.15) is 39.4 Å². The van der Waals surface area contributed by atoms with Gasteiger partial charge in [0, 0.05) is 19.0 Å². The predicted octanol–water partition coefficient (Wildman–Crippen LogP) is 2.22. The largest absolute Gasteiger partial charge is 0.467 e. The van der Waals surface area contributed by atoms with Crippen LogP contribution in [0.2, 0.25) is 0 Å². The van der Waals surface area contributed by atoms with E-state index >= 15 is 0 Å². The number of rotatable bonds is 8. The monoisotopic (exact) mass is 280 g/mol. The fourth-order valence-corrected chi connectivity index (χ4v) is 1.71. The second kappa shape index (κ2) is 8.35.